The summed E-state index contributed by atoms with van der Waals surface area (Å²) in [5.41, 5.74) is 1.32. The second-order valence-corrected chi connectivity index (χ2v) is 6.48. The third-order valence-electron chi connectivity index (χ3n) is 3.61. The molecule has 1 aromatic carbocycles. The predicted octanol–water partition coefficient (Wildman–Crippen LogP) is 5.10. The van der Waals surface area contributed by atoms with Gasteiger partial charge in [-0.25, -0.2) is 0 Å². The van der Waals surface area contributed by atoms with Gasteiger partial charge in [-0.2, -0.15) is 5.10 Å². The van der Waals surface area contributed by atoms with E-state index in [0.29, 0.717) is 33.0 Å². The van der Waals surface area contributed by atoms with Crippen molar-refractivity contribution in [2.75, 3.05) is 0 Å². The van der Waals surface area contributed by atoms with E-state index >= 15 is 0 Å². The zero-order valence-electron chi connectivity index (χ0n) is 14.2. The van der Waals surface area contributed by atoms with Crippen molar-refractivity contribution in [2.24, 2.45) is 7.05 Å². The van der Waals surface area contributed by atoms with Gasteiger partial charge in [0.05, 0.1) is 15.7 Å². The summed E-state index contributed by atoms with van der Waals surface area (Å²) in [5, 5.41) is 5.06. The lowest BCUT2D eigenvalue weighted by atomic mass is 10.2. The molecule has 5 nitrogen and oxygen atoms in total. The molecule has 0 radical (unpaired) electrons. The van der Waals surface area contributed by atoms with Crippen molar-refractivity contribution < 1.29 is 13.9 Å². The Hall–Kier alpha value is -2.50. The van der Waals surface area contributed by atoms with E-state index in [1.54, 1.807) is 54.2 Å². The number of carbonyl (C=O) groups excluding carboxylic acids is 1. The maximum atomic E-state index is 12.2. The molecule has 26 heavy (non-hydrogen) atoms. The Kier molecular flexibility index (Phi) is 5.49. The van der Waals surface area contributed by atoms with Gasteiger partial charge >= 0.3 is 0 Å². The molecule has 0 fully saturated rings. The van der Waals surface area contributed by atoms with Gasteiger partial charge in [-0.15, -0.1) is 0 Å². The van der Waals surface area contributed by atoms with Gasteiger partial charge in [-0.05, 0) is 49.4 Å². The number of furan rings is 1. The number of allylic oxidation sites excluding steroid dienone is 1. The highest BCUT2D eigenvalue weighted by molar-refractivity contribution is 6.42. The van der Waals surface area contributed by atoms with Gasteiger partial charge < -0.3 is 9.15 Å². The van der Waals surface area contributed by atoms with Crippen LogP contribution < -0.4 is 4.74 Å². The zero-order chi connectivity index (χ0) is 18.7. The molecule has 3 aromatic rings. The van der Waals surface area contributed by atoms with Crippen molar-refractivity contribution in [3.63, 3.8) is 0 Å². The number of benzene rings is 1. The topological polar surface area (TPSA) is 57.3 Å². The molecule has 0 spiro atoms. The van der Waals surface area contributed by atoms with E-state index < -0.39 is 0 Å². The molecule has 2 aromatic heterocycles. The number of hydrogen-bond donors (Lipinski definition) is 0. The van der Waals surface area contributed by atoms with Crippen LogP contribution in [0.25, 0.3) is 6.08 Å². The summed E-state index contributed by atoms with van der Waals surface area (Å²) in [6.45, 7) is 2.08. The first kappa shape index (κ1) is 18.3. The molecule has 0 saturated heterocycles. The highest BCUT2D eigenvalue weighted by atomic mass is 35.5. The summed E-state index contributed by atoms with van der Waals surface area (Å²) in [5.74, 6) is 1.64. The van der Waals surface area contributed by atoms with Crippen LogP contribution in [-0.2, 0) is 13.7 Å². The number of ether oxygens (including phenoxy) is 1. The maximum Gasteiger partial charge on any atom is 0.203 e. The number of carbonyl (C=O) groups is 1. The van der Waals surface area contributed by atoms with E-state index in [1.807, 2.05) is 6.92 Å². The van der Waals surface area contributed by atoms with Crippen LogP contribution in [0.15, 0.2) is 46.9 Å². The SMILES string of the molecule is Cc1cc(C(=O)/C=C/c2ccc(COc3ccc(Cl)c(Cl)c3)o2)n(C)n1. The second kappa shape index (κ2) is 7.81. The minimum atomic E-state index is -0.141. The van der Waals surface area contributed by atoms with Crippen molar-refractivity contribution in [1.29, 1.82) is 0 Å². The van der Waals surface area contributed by atoms with Crippen LogP contribution >= 0.6 is 23.2 Å². The Morgan fingerprint density at radius 2 is 2.04 bits per heavy atom. The first-order chi connectivity index (χ1) is 12.4. The van der Waals surface area contributed by atoms with Gasteiger partial charge in [-0.3, -0.25) is 9.48 Å². The molecule has 0 unspecified atom stereocenters. The van der Waals surface area contributed by atoms with E-state index in [9.17, 15) is 4.79 Å². The van der Waals surface area contributed by atoms with Crippen molar-refractivity contribution >= 4 is 35.1 Å². The Bertz CT molecular complexity index is 973. The third-order valence-corrected chi connectivity index (χ3v) is 4.35. The number of nitrogens with zero attached hydrogens (tertiary/aromatic N) is 2. The summed E-state index contributed by atoms with van der Waals surface area (Å²) < 4.78 is 12.8. The van der Waals surface area contributed by atoms with Crippen molar-refractivity contribution in [3.05, 3.63) is 75.4 Å². The lowest BCUT2D eigenvalue weighted by molar-refractivity contribution is 0.103. The van der Waals surface area contributed by atoms with Gasteiger partial charge in [0.15, 0.2) is 0 Å². The molecule has 0 amide bonds. The van der Waals surface area contributed by atoms with Gasteiger partial charge in [0.2, 0.25) is 5.78 Å². The van der Waals surface area contributed by atoms with Crippen molar-refractivity contribution in [1.82, 2.24) is 9.78 Å². The largest absolute Gasteiger partial charge is 0.486 e. The Balaban J connectivity index is 1.61. The second-order valence-electron chi connectivity index (χ2n) is 5.66. The average Bonchev–Trinajstić information content (AvgIpc) is 3.19. The fraction of sp³-hybridized carbons (Fsp3) is 0.158. The zero-order valence-corrected chi connectivity index (χ0v) is 15.7. The van der Waals surface area contributed by atoms with Crippen LogP contribution in [0.1, 0.15) is 27.7 Å². The quantitative estimate of drug-likeness (QED) is 0.433. The smallest absolute Gasteiger partial charge is 0.203 e. The lowest BCUT2D eigenvalue weighted by Gasteiger charge is -2.05. The third kappa shape index (κ3) is 4.36. The van der Waals surface area contributed by atoms with Crippen LogP contribution in [0, 0.1) is 6.92 Å². The molecule has 7 heteroatoms. The van der Waals surface area contributed by atoms with Gasteiger partial charge in [0, 0.05) is 13.1 Å². The fourth-order valence-electron chi connectivity index (χ4n) is 2.37. The standard InChI is InChI=1S/C19H16Cl2N2O3/c1-12-9-18(23(2)22-12)19(24)8-6-13-3-4-15(26-13)11-25-14-5-7-16(20)17(21)10-14/h3-10H,11H2,1-2H3/b8-6+. The molecule has 0 aliphatic carbocycles. The highest BCUT2D eigenvalue weighted by Crippen LogP contribution is 2.27. The number of ketones is 1. The van der Waals surface area contributed by atoms with Crippen LogP contribution in [0.2, 0.25) is 10.0 Å². The maximum absolute atomic E-state index is 12.2. The highest BCUT2D eigenvalue weighted by Gasteiger charge is 2.09. The summed E-state index contributed by atoms with van der Waals surface area (Å²) in [6, 6.07) is 10.3. The summed E-state index contributed by atoms with van der Waals surface area (Å²) in [7, 11) is 1.74. The van der Waals surface area contributed by atoms with Gasteiger partial charge in [0.25, 0.3) is 0 Å². The van der Waals surface area contributed by atoms with E-state index in [4.69, 9.17) is 32.4 Å². The number of aryl methyl sites for hydroxylation is 2. The number of rotatable bonds is 6. The molecule has 134 valence electrons. The molecule has 0 aliphatic heterocycles. The van der Waals surface area contributed by atoms with Crippen LogP contribution in [0.5, 0.6) is 5.75 Å². The Morgan fingerprint density at radius 1 is 1.23 bits per heavy atom. The van der Waals surface area contributed by atoms with Crippen LogP contribution in [0.3, 0.4) is 0 Å². The normalized spacial score (nSPS) is 11.2. The number of hydrogen-bond acceptors (Lipinski definition) is 4. The van der Waals surface area contributed by atoms with E-state index in [0.717, 1.165) is 5.69 Å². The minimum absolute atomic E-state index is 0.141. The molecule has 3 rings (SSSR count). The van der Waals surface area contributed by atoms with E-state index in [1.165, 1.54) is 6.08 Å². The van der Waals surface area contributed by atoms with Gasteiger partial charge in [-0.1, -0.05) is 23.2 Å². The summed E-state index contributed by atoms with van der Waals surface area (Å²) in [6.07, 6.45) is 3.08. The number of halogens is 2. The first-order valence-electron chi connectivity index (χ1n) is 7.82. The molecule has 0 saturated carbocycles. The van der Waals surface area contributed by atoms with Crippen molar-refractivity contribution in [3.8, 4) is 5.75 Å². The molecule has 0 atom stereocenters. The van der Waals surface area contributed by atoms with Gasteiger partial charge in [0.1, 0.15) is 29.6 Å². The Labute approximate surface area is 160 Å². The van der Waals surface area contributed by atoms with E-state index in [-0.39, 0.29) is 12.4 Å². The molecule has 0 bridgehead atoms. The molecule has 2 heterocycles. The average molecular weight is 391 g/mol. The predicted molar refractivity (Wildman–Crippen MR) is 101 cm³/mol. The molecular weight excluding hydrogens is 375 g/mol. The van der Waals surface area contributed by atoms with Crippen LogP contribution in [0.4, 0.5) is 0 Å². The van der Waals surface area contributed by atoms with Crippen LogP contribution in [-0.4, -0.2) is 15.6 Å². The summed E-state index contributed by atoms with van der Waals surface area (Å²) >= 11 is 11.8. The van der Waals surface area contributed by atoms with Crippen molar-refractivity contribution in [2.45, 2.75) is 13.5 Å². The fourth-order valence-corrected chi connectivity index (χ4v) is 2.66. The molecule has 0 aliphatic rings. The lowest BCUT2D eigenvalue weighted by Crippen LogP contribution is -2.03. The Morgan fingerprint density at radius 3 is 2.73 bits per heavy atom. The minimum Gasteiger partial charge on any atom is -0.486 e. The molecular formula is C19H16Cl2N2O3. The number of aromatic nitrogens is 2. The first-order valence-corrected chi connectivity index (χ1v) is 8.57. The molecule has 0 N–H and O–H groups in total. The summed E-state index contributed by atoms with van der Waals surface area (Å²) in [4.78, 5) is 12.2. The van der Waals surface area contributed by atoms with E-state index in [2.05, 4.69) is 5.10 Å². The monoisotopic (exact) mass is 390 g/mol.